The van der Waals surface area contributed by atoms with E-state index in [9.17, 15) is 13.5 Å². The molecular weight excluding hydrogens is 298 g/mol. The SMILES string of the molecule is CCc1cccc(S(=O)(=O)NCC(O)Cc2ccccc2)c1. The van der Waals surface area contributed by atoms with Gasteiger partial charge in [0.25, 0.3) is 0 Å². The molecule has 0 heterocycles. The van der Waals surface area contributed by atoms with Crippen LogP contribution in [0.5, 0.6) is 0 Å². The van der Waals surface area contributed by atoms with Crippen molar-refractivity contribution in [3.05, 3.63) is 65.7 Å². The summed E-state index contributed by atoms with van der Waals surface area (Å²) in [6, 6.07) is 16.3. The monoisotopic (exact) mass is 319 g/mol. The number of rotatable bonds is 7. The molecule has 1 atom stereocenters. The number of sulfonamides is 1. The first kappa shape index (κ1) is 16.7. The average molecular weight is 319 g/mol. The minimum atomic E-state index is -3.59. The van der Waals surface area contributed by atoms with Gasteiger partial charge in [-0.1, -0.05) is 49.4 Å². The Morgan fingerprint density at radius 1 is 1.05 bits per heavy atom. The molecular formula is C17H21NO3S. The molecule has 5 heteroatoms. The molecule has 0 aliphatic heterocycles. The molecule has 2 rings (SSSR count). The molecule has 0 aromatic heterocycles. The predicted molar refractivity (Wildman–Crippen MR) is 87.2 cm³/mol. The van der Waals surface area contributed by atoms with E-state index in [2.05, 4.69) is 4.72 Å². The fraction of sp³-hybridized carbons (Fsp3) is 0.294. The van der Waals surface area contributed by atoms with Crippen LogP contribution in [0, 0.1) is 0 Å². The van der Waals surface area contributed by atoms with Crippen molar-refractivity contribution in [3.63, 3.8) is 0 Å². The number of aliphatic hydroxyl groups excluding tert-OH is 1. The molecule has 0 radical (unpaired) electrons. The maximum atomic E-state index is 12.2. The fourth-order valence-corrected chi connectivity index (χ4v) is 3.32. The van der Waals surface area contributed by atoms with Crippen LogP contribution >= 0.6 is 0 Å². The lowest BCUT2D eigenvalue weighted by Gasteiger charge is -2.13. The number of benzene rings is 2. The highest BCUT2D eigenvalue weighted by Gasteiger charge is 2.16. The largest absolute Gasteiger partial charge is 0.391 e. The van der Waals surface area contributed by atoms with Gasteiger partial charge in [0.05, 0.1) is 11.0 Å². The van der Waals surface area contributed by atoms with Crippen molar-refractivity contribution < 1.29 is 13.5 Å². The lowest BCUT2D eigenvalue weighted by Crippen LogP contribution is -2.33. The van der Waals surface area contributed by atoms with Gasteiger partial charge in [0.1, 0.15) is 0 Å². The summed E-state index contributed by atoms with van der Waals surface area (Å²) in [5, 5.41) is 9.99. The van der Waals surface area contributed by atoms with Gasteiger partial charge < -0.3 is 5.11 Å². The normalized spacial score (nSPS) is 13.0. The van der Waals surface area contributed by atoms with Crippen LogP contribution in [0.15, 0.2) is 59.5 Å². The molecule has 0 saturated heterocycles. The Balaban J connectivity index is 1.97. The molecule has 0 bridgehead atoms. The third-order valence-electron chi connectivity index (χ3n) is 3.44. The predicted octanol–water partition coefficient (Wildman–Crippen LogP) is 2.13. The average Bonchev–Trinajstić information content (AvgIpc) is 2.54. The van der Waals surface area contributed by atoms with Gasteiger partial charge in [0.2, 0.25) is 10.0 Å². The van der Waals surface area contributed by atoms with Crippen molar-refractivity contribution in [1.29, 1.82) is 0 Å². The van der Waals surface area contributed by atoms with Crippen LogP contribution in [0.3, 0.4) is 0 Å². The van der Waals surface area contributed by atoms with Crippen molar-refractivity contribution in [2.24, 2.45) is 0 Å². The molecule has 0 aliphatic rings. The number of aryl methyl sites for hydroxylation is 1. The Morgan fingerprint density at radius 2 is 1.73 bits per heavy atom. The Bertz CT molecular complexity index is 699. The van der Waals surface area contributed by atoms with Crippen LogP contribution in [-0.4, -0.2) is 26.2 Å². The minimum absolute atomic E-state index is 0.00637. The Labute approximate surface area is 131 Å². The molecule has 0 saturated carbocycles. The van der Waals surface area contributed by atoms with Crippen LogP contribution in [0.2, 0.25) is 0 Å². The summed E-state index contributed by atoms with van der Waals surface area (Å²) in [5.41, 5.74) is 1.94. The summed E-state index contributed by atoms with van der Waals surface area (Å²) in [5.74, 6) is 0. The van der Waals surface area contributed by atoms with Gasteiger partial charge in [-0.3, -0.25) is 0 Å². The molecule has 0 spiro atoms. The van der Waals surface area contributed by atoms with Crippen LogP contribution in [0.4, 0.5) is 0 Å². The first-order valence-corrected chi connectivity index (χ1v) is 8.80. The number of hydrogen-bond acceptors (Lipinski definition) is 3. The van der Waals surface area contributed by atoms with Gasteiger partial charge in [-0.15, -0.1) is 0 Å². The maximum Gasteiger partial charge on any atom is 0.240 e. The van der Waals surface area contributed by atoms with E-state index in [4.69, 9.17) is 0 Å². The Morgan fingerprint density at radius 3 is 2.41 bits per heavy atom. The quantitative estimate of drug-likeness (QED) is 0.821. The summed E-state index contributed by atoms with van der Waals surface area (Å²) in [6.45, 7) is 1.97. The van der Waals surface area contributed by atoms with Crippen molar-refractivity contribution in [1.82, 2.24) is 4.72 Å². The Hall–Kier alpha value is -1.69. The lowest BCUT2D eigenvalue weighted by molar-refractivity contribution is 0.179. The lowest BCUT2D eigenvalue weighted by atomic mass is 10.1. The fourth-order valence-electron chi connectivity index (χ4n) is 2.18. The van der Waals surface area contributed by atoms with Crippen LogP contribution in [0.25, 0.3) is 0 Å². The zero-order valence-electron chi connectivity index (χ0n) is 12.6. The molecule has 4 nitrogen and oxygen atoms in total. The molecule has 2 N–H and O–H groups in total. The smallest absolute Gasteiger partial charge is 0.240 e. The molecule has 118 valence electrons. The van der Waals surface area contributed by atoms with Crippen molar-refractivity contribution >= 4 is 10.0 Å². The second-order valence-corrected chi connectivity index (χ2v) is 6.96. The van der Waals surface area contributed by atoms with E-state index in [-0.39, 0.29) is 11.4 Å². The first-order chi connectivity index (χ1) is 10.5. The van der Waals surface area contributed by atoms with Crippen LogP contribution < -0.4 is 4.72 Å². The zero-order valence-corrected chi connectivity index (χ0v) is 13.4. The van der Waals surface area contributed by atoms with E-state index in [1.807, 2.05) is 43.3 Å². The highest BCUT2D eigenvalue weighted by Crippen LogP contribution is 2.12. The van der Waals surface area contributed by atoms with Gasteiger partial charge in [-0.25, -0.2) is 13.1 Å². The van der Waals surface area contributed by atoms with E-state index in [1.165, 1.54) is 0 Å². The molecule has 0 fully saturated rings. The van der Waals surface area contributed by atoms with Crippen LogP contribution in [0.1, 0.15) is 18.1 Å². The Kier molecular flexibility index (Phi) is 5.71. The van der Waals surface area contributed by atoms with Crippen molar-refractivity contribution in [3.8, 4) is 0 Å². The summed E-state index contributed by atoms with van der Waals surface area (Å²) in [6.07, 6.45) is 0.435. The molecule has 0 aliphatic carbocycles. The highest BCUT2D eigenvalue weighted by atomic mass is 32.2. The molecule has 1 unspecified atom stereocenters. The van der Waals surface area contributed by atoms with Gasteiger partial charge in [0.15, 0.2) is 0 Å². The maximum absolute atomic E-state index is 12.2. The number of nitrogens with one attached hydrogen (secondary N) is 1. The van der Waals surface area contributed by atoms with Crippen molar-refractivity contribution in [2.75, 3.05) is 6.54 Å². The summed E-state index contributed by atoms with van der Waals surface area (Å²) >= 11 is 0. The second-order valence-electron chi connectivity index (χ2n) is 5.20. The van der Waals surface area contributed by atoms with E-state index in [0.717, 1.165) is 17.5 Å². The van der Waals surface area contributed by atoms with E-state index in [0.29, 0.717) is 6.42 Å². The third kappa shape index (κ3) is 4.66. The van der Waals surface area contributed by atoms with E-state index < -0.39 is 16.1 Å². The van der Waals surface area contributed by atoms with Crippen LogP contribution in [-0.2, 0) is 22.9 Å². The summed E-state index contributed by atoms with van der Waals surface area (Å²) < 4.78 is 26.9. The van der Waals surface area contributed by atoms with E-state index >= 15 is 0 Å². The third-order valence-corrected chi connectivity index (χ3v) is 4.86. The second kappa shape index (κ2) is 7.54. The van der Waals surface area contributed by atoms with Gasteiger partial charge in [-0.05, 0) is 36.1 Å². The summed E-state index contributed by atoms with van der Waals surface area (Å²) in [7, 11) is -3.59. The van der Waals surface area contributed by atoms with E-state index in [1.54, 1.807) is 18.2 Å². The number of hydrogen-bond donors (Lipinski definition) is 2. The standard InChI is InChI=1S/C17H21NO3S/c1-2-14-9-6-10-17(12-14)22(20,21)18-13-16(19)11-15-7-4-3-5-8-15/h3-10,12,16,18-19H,2,11,13H2,1H3. The zero-order chi connectivity index (χ0) is 16.0. The topological polar surface area (TPSA) is 66.4 Å². The van der Waals surface area contributed by atoms with Gasteiger partial charge >= 0.3 is 0 Å². The molecule has 2 aromatic carbocycles. The summed E-state index contributed by atoms with van der Waals surface area (Å²) in [4.78, 5) is 0.235. The highest BCUT2D eigenvalue weighted by molar-refractivity contribution is 7.89. The molecule has 2 aromatic rings. The van der Waals surface area contributed by atoms with Gasteiger partial charge in [0, 0.05) is 6.54 Å². The van der Waals surface area contributed by atoms with Crippen molar-refractivity contribution in [2.45, 2.75) is 30.8 Å². The molecule has 0 amide bonds. The first-order valence-electron chi connectivity index (χ1n) is 7.32. The molecule has 22 heavy (non-hydrogen) atoms. The minimum Gasteiger partial charge on any atom is -0.391 e. The van der Waals surface area contributed by atoms with Gasteiger partial charge in [-0.2, -0.15) is 0 Å². The number of aliphatic hydroxyl groups is 1.